The summed E-state index contributed by atoms with van der Waals surface area (Å²) in [5.41, 5.74) is 1.30. The lowest BCUT2D eigenvalue weighted by Crippen LogP contribution is -2.33. The van der Waals surface area contributed by atoms with Crippen LogP contribution in [0.15, 0.2) is 24.3 Å². The zero-order valence-corrected chi connectivity index (χ0v) is 10.6. The minimum Gasteiger partial charge on any atom is -0.367 e. The second-order valence-corrected chi connectivity index (χ2v) is 4.77. The molecule has 1 N–H and O–H groups in total. The van der Waals surface area contributed by atoms with Gasteiger partial charge in [0, 0.05) is 11.3 Å². The van der Waals surface area contributed by atoms with Crippen molar-refractivity contribution in [3.05, 3.63) is 29.8 Å². The summed E-state index contributed by atoms with van der Waals surface area (Å²) in [5, 5.41) is 2.72. The Morgan fingerprint density at radius 3 is 2.83 bits per heavy atom. The number of carbonyl (C=O) groups is 3. The summed E-state index contributed by atoms with van der Waals surface area (Å²) in [6.07, 6.45) is 0. The lowest BCUT2D eigenvalue weighted by molar-refractivity contribution is -0.124. The molecule has 2 amide bonds. The predicted molar refractivity (Wildman–Crippen MR) is 69.6 cm³/mol. The van der Waals surface area contributed by atoms with E-state index in [2.05, 4.69) is 5.32 Å². The average molecular weight is 264 g/mol. The van der Waals surface area contributed by atoms with Gasteiger partial charge in [-0.25, -0.2) is 0 Å². The van der Waals surface area contributed by atoms with Crippen molar-refractivity contribution < 1.29 is 14.4 Å². The first-order valence-electron chi connectivity index (χ1n) is 5.40. The average Bonchev–Trinajstić information content (AvgIpc) is 2.67. The molecular weight excluding hydrogens is 252 g/mol. The van der Waals surface area contributed by atoms with Crippen LogP contribution in [0.1, 0.15) is 17.3 Å². The third-order valence-corrected chi connectivity index (χ3v) is 3.41. The number of rotatable bonds is 4. The zero-order valence-electron chi connectivity index (χ0n) is 9.80. The van der Waals surface area contributed by atoms with Gasteiger partial charge in [0.25, 0.3) is 5.24 Å². The summed E-state index contributed by atoms with van der Waals surface area (Å²) < 4.78 is 0. The zero-order chi connectivity index (χ0) is 13.1. The molecule has 0 bridgehead atoms. The van der Waals surface area contributed by atoms with Crippen LogP contribution in [0.3, 0.4) is 0 Å². The number of imide groups is 1. The normalized spacial score (nSPS) is 15.1. The number of nitrogens with zero attached hydrogens (tertiary/aromatic N) is 1. The topological polar surface area (TPSA) is 66.5 Å². The van der Waals surface area contributed by atoms with Gasteiger partial charge < -0.3 is 5.32 Å². The monoisotopic (exact) mass is 264 g/mol. The van der Waals surface area contributed by atoms with E-state index in [1.54, 1.807) is 24.3 Å². The highest BCUT2D eigenvalue weighted by molar-refractivity contribution is 8.14. The molecule has 5 nitrogen and oxygen atoms in total. The first-order valence-corrected chi connectivity index (χ1v) is 6.38. The van der Waals surface area contributed by atoms with Gasteiger partial charge in [0.1, 0.15) is 0 Å². The Bertz CT molecular complexity index is 500. The van der Waals surface area contributed by atoms with Gasteiger partial charge in [-0.3, -0.25) is 19.3 Å². The minimum absolute atomic E-state index is 0.0254. The van der Waals surface area contributed by atoms with Crippen LogP contribution in [0.25, 0.3) is 0 Å². The van der Waals surface area contributed by atoms with Gasteiger partial charge in [0.15, 0.2) is 5.78 Å². The van der Waals surface area contributed by atoms with Crippen molar-refractivity contribution in [2.45, 2.75) is 6.92 Å². The number of hydrogen-bond donors (Lipinski definition) is 1. The molecule has 1 aliphatic heterocycles. The number of carbonyl (C=O) groups excluding carboxylic acids is 3. The molecular formula is C12H12N2O3S. The number of thioether (sulfide) groups is 1. The van der Waals surface area contributed by atoms with Gasteiger partial charge in [-0.05, 0) is 19.1 Å². The van der Waals surface area contributed by atoms with E-state index in [1.807, 2.05) is 0 Å². The Hall–Kier alpha value is -1.82. The largest absolute Gasteiger partial charge is 0.367 e. The van der Waals surface area contributed by atoms with Gasteiger partial charge in [-0.1, -0.05) is 23.9 Å². The summed E-state index contributed by atoms with van der Waals surface area (Å²) >= 11 is 1.00. The van der Waals surface area contributed by atoms with Crippen molar-refractivity contribution in [2.75, 3.05) is 17.7 Å². The SMILES string of the molecule is CC(=O)c1cccc(NCN2C(=O)CSC2=O)c1. The molecule has 0 radical (unpaired) electrons. The molecule has 0 aliphatic carbocycles. The third-order valence-electron chi connectivity index (χ3n) is 2.55. The highest BCUT2D eigenvalue weighted by Crippen LogP contribution is 2.19. The molecule has 1 saturated heterocycles. The third kappa shape index (κ3) is 2.70. The Kier molecular flexibility index (Phi) is 3.66. The number of ketones is 1. The molecule has 94 valence electrons. The lowest BCUT2D eigenvalue weighted by Gasteiger charge is -2.14. The van der Waals surface area contributed by atoms with E-state index < -0.39 is 0 Å². The van der Waals surface area contributed by atoms with E-state index in [4.69, 9.17) is 0 Å². The van der Waals surface area contributed by atoms with E-state index in [0.29, 0.717) is 11.3 Å². The number of nitrogens with one attached hydrogen (secondary N) is 1. The van der Waals surface area contributed by atoms with Crippen molar-refractivity contribution in [2.24, 2.45) is 0 Å². The van der Waals surface area contributed by atoms with Gasteiger partial charge in [0.2, 0.25) is 5.91 Å². The first-order chi connectivity index (χ1) is 8.58. The maximum Gasteiger partial charge on any atom is 0.290 e. The van der Waals surface area contributed by atoms with E-state index in [0.717, 1.165) is 16.7 Å². The van der Waals surface area contributed by atoms with Crippen LogP contribution < -0.4 is 5.32 Å². The van der Waals surface area contributed by atoms with Crippen LogP contribution in [0, 0.1) is 0 Å². The smallest absolute Gasteiger partial charge is 0.290 e. The molecule has 2 rings (SSSR count). The van der Waals surface area contributed by atoms with Gasteiger partial charge >= 0.3 is 0 Å². The summed E-state index contributed by atoms with van der Waals surface area (Å²) in [7, 11) is 0. The van der Waals surface area contributed by atoms with Crippen molar-refractivity contribution >= 4 is 34.4 Å². The molecule has 1 aliphatic rings. The lowest BCUT2D eigenvalue weighted by atomic mass is 10.1. The second-order valence-electron chi connectivity index (χ2n) is 3.85. The molecule has 6 heteroatoms. The number of anilines is 1. The van der Waals surface area contributed by atoms with Crippen LogP contribution in [0.4, 0.5) is 10.5 Å². The van der Waals surface area contributed by atoms with Crippen molar-refractivity contribution in [1.29, 1.82) is 0 Å². The van der Waals surface area contributed by atoms with Crippen molar-refractivity contribution in [3.63, 3.8) is 0 Å². The summed E-state index contributed by atoms with van der Waals surface area (Å²) in [4.78, 5) is 35.1. The quantitative estimate of drug-likeness (QED) is 0.842. The Morgan fingerprint density at radius 2 is 2.22 bits per heavy atom. The Labute approximate surface area is 109 Å². The predicted octanol–water partition coefficient (Wildman–Crippen LogP) is 1.95. The number of hydrogen-bond acceptors (Lipinski definition) is 5. The highest BCUT2D eigenvalue weighted by Gasteiger charge is 2.29. The molecule has 1 aromatic carbocycles. The molecule has 0 unspecified atom stereocenters. The van der Waals surface area contributed by atoms with E-state index in [9.17, 15) is 14.4 Å². The summed E-state index contributed by atoms with van der Waals surface area (Å²) in [6, 6.07) is 6.95. The summed E-state index contributed by atoms with van der Waals surface area (Å²) in [6.45, 7) is 1.62. The molecule has 1 aromatic rings. The fraction of sp³-hybridized carbons (Fsp3) is 0.250. The number of benzene rings is 1. The fourth-order valence-corrected chi connectivity index (χ4v) is 2.28. The summed E-state index contributed by atoms with van der Waals surface area (Å²) in [5.74, 6) is -0.0173. The van der Waals surface area contributed by atoms with E-state index in [-0.39, 0.29) is 29.4 Å². The van der Waals surface area contributed by atoms with Gasteiger partial charge in [-0.2, -0.15) is 0 Å². The first kappa shape index (κ1) is 12.6. The second kappa shape index (κ2) is 5.22. The standard InChI is InChI=1S/C12H12N2O3S/c1-8(15)9-3-2-4-10(5-9)13-7-14-11(16)6-18-12(14)17/h2-5,13H,6-7H2,1H3. The Morgan fingerprint density at radius 1 is 1.44 bits per heavy atom. The van der Waals surface area contributed by atoms with Crippen LogP contribution >= 0.6 is 11.8 Å². The molecule has 0 atom stereocenters. The molecule has 0 aromatic heterocycles. The fourth-order valence-electron chi connectivity index (χ4n) is 1.55. The maximum atomic E-state index is 11.4. The van der Waals surface area contributed by atoms with Crippen LogP contribution in [0.2, 0.25) is 0 Å². The Balaban J connectivity index is 2.02. The van der Waals surface area contributed by atoms with Crippen LogP contribution in [-0.2, 0) is 4.79 Å². The van der Waals surface area contributed by atoms with Crippen molar-refractivity contribution in [3.8, 4) is 0 Å². The van der Waals surface area contributed by atoms with E-state index in [1.165, 1.54) is 6.92 Å². The van der Waals surface area contributed by atoms with Crippen LogP contribution in [0.5, 0.6) is 0 Å². The van der Waals surface area contributed by atoms with Crippen LogP contribution in [-0.4, -0.2) is 34.3 Å². The maximum absolute atomic E-state index is 11.4. The van der Waals surface area contributed by atoms with Gasteiger partial charge in [0.05, 0.1) is 12.4 Å². The molecule has 0 spiro atoms. The number of Topliss-reactive ketones (excluding diaryl/α,β-unsaturated/α-hetero) is 1. The highest BCUT2D eigenvalue weighted by atomic mass is 32.2. The number of amides is 2. The van der Waals surface area contributed by atoms with Crippen molar-refractivity contribution in [1.82, 2.24) is 4.90 Å². The minimum atomic E-state index is -0.241. The molecule has 0 saturated carbocycles. The molecule has 1 heterocycles. The molecule has 18 heavy (non-hydrogen) atoms. The van der Waals surface area contributed by atoms with E-state index >= 15 is 0 Å². The molecule has 1 fully saturated rings. The van der Waals surface area contributed by atoms with Gasteiger partial charge in [-0.15, -0.1) is 0 Å².